The fraction of sp³-hybridized carbons (Fsp3) is 0.647. The Kier molecular flexibility index (Phi) is 5.48. The van der Waals surface area contributed by atoms with Crippen LogP contribution in [0.5, 0.6) is 11.5 Å². The summed E-state index contributed by atoms with van der Waals surface area (Å²) in [7, 11) is 3.59. The summed E-state index contributed by atoms with van der Waals surface area (Å²) in [6, 6.07) is 6.11. The summed E-state index contributed by atoms with van der Waals surface area (Å²) in [6.45, 7) is 2.27. The Hall–Kier alpha value is -1.26. The molecule has 0 bridgehead atoms. The summed E-state index contributed by atoms with van der Waals surface area (Å²) in [6.07, 6.45) is 4.97. The SMILES string of the molecule is CCc1ccc(OC2CCCC(CO)(NC)C2)c(OC)c1. The Morgan fingerprint density at radius 3 is 2.81 bits per heavy atom. The molecule has 1 aromatic rings. The van der Waals surface area contributed by atoms with E-state index in [2.05, 4.69) is 18.3 Å². The minimum atomic E-state index is -0.209. The molecule has 0 aromatic heterocycles. The molecule has 1 aliphatic carbocycles. The molecule has 2 unspecified atom stereocenters. The van der Waals surface area contributed by atoms with Gasteiger partial charge in [-0.05, 0) is 50.4 Å². The van der Waals surface area contributed by atoms with Crippen LogP contribution in [0.3, 0.4) is 0 Å². The van der Waals surface area contributed by atoms with Crippen LogP contribution in [0.4, 0.5) is 0 Å². The van der Waals surface area contributed by atoms with Gasteiger partial charge < -0.3 is 19.9 Å². The summed E-state index contributed by atoms with van der Waals surface area (Å²) in [5.41, 5.74) is 1.03. The maximum Gasteiger partial charge on any atom is 0.161 e. The molecule has 21 heavy (non-hydrogen) atoms. The van der Waals surface area contributed by atoms with Gasteiger partial charge in [0, 0.05) is 12.0 Å². The molecule has 0 amide bonds. The minimum absolute atomic E-state index is 0.111. The molecule has 1 aromatic carbocycles. The van der Waals surface area contributed by atoms with Crippen LogP contribution in [0.1, 0.15) is 38.2 Å². The molecular formula is C17H27NO3. The molecule has 2 atom stereocenters. The molecule has 2 N–H and O–H groups in total. The van der Waals surface area contributed by atoms with E-state index in [9.17, 15) is 5.11 Å². The van der Waals surface area contributed by atoms with Crippen LogP contribution >= 0.6 is 0 Å². The van der Waals surface area contributed by atoms with Crippen LogP contribution in [0.2, 0.25) is 0 Å². The molecule has 1 fully saturated rings. The van der Waals surface area contributed by atoms with Crippen molar-refractivity contribution in [1.82, 2.24) is 5.32 Å². The van der Waals surface area contributed by atoms with E-state index >= 15 is 0 Å². The van der Waals surface area contributed by atoms with E-state index in [4.69, 9.17) is 9.47 Å². The number of rotatable bonds is 6. The first-order valence-corrected chi connectivity index (χ1v) is 7.79. The predicted molar refractivity (Wildman–Crippen MR) is 84.1 cm³/mol. The molecule has 0 heterocycles. The number of aryl methyl sites for hydroxylation is 1. The van der Waals surface area contributed by atoms with Gasteiger partial charge in [-0.2, -0.15) is 0 Å². The maximum absolute atomic E-state index is 9.65. The van der Waals surface area contributed by atoms with Crippen LogP contribution in [0.25, 0.3) is 0 Å². The van der Waals surface area contributed by atoms with E-state index in [0.717, 1.165) is 43.6 Å². The zero-order valence-corrected chi connectivity index (χ0v) is 13.3. The number of hydrogen-bond donors (Lipinski definition) is 2. The van der Waals surface area contributed by atoms with E-state index in [-0.39, 0.29) is 18.2 Å². The second-order valence-corrected chi connectivity index (χ2v) is 5.86. The Bertz CT molecular complexity index is 457. The van der Waals surface area contributed by atoms with Gasteiger partial charge in [0.25, 0.3) is 0 Å². The van der Waals surface area contributed by atoms with Gasteiger partial charge in [-0.1, -0.05) is 13.0 Å². The van der Waals surface area contributed by atoms with Gasteiger partial charge in [-0.15, -0.1) is 0 Å². The lowest BCUT2D eigenvalue weighted by atomic mass is 9.80. The Morgan fingerprint density at radius 1 is 1.38 bits per heavy atom. The monoisotopic (exact) mass is 293 g/mol. The third-order valence-electron chi connectivity index (χ3n) is 4.56. The molecule has 2 rings (SSSR count). The zero-order valence-electron chi connectivity index (χ0n) is 13.3. The van der Waals surface area contributed by atoms with Crippen molar-refractivity contribution in [3.8, 4) is 11.5 Å². The summed E-state index contributed by atoms with van der Waals surface area (Å²) in [5.74, 6) is 1.59. The molecular weight excluding hydrogens is 266 g/mol. The van der Waals surface area contributed by atoms with Gasteiger partial charge in [-0.25, -0.2) is 0 Å². The smallest absolute Gasteiger partial charge is 0.161 e. The van der Waals surface area contributed by atoms with Crippen LogP contribution < -0.4 is 14.8 Å². The number of nitrogens with one attached hydrogen (secondary N) is 1. The number of aliphatic hydroxyl groups is 1. The van der Waals surface area contributed by atoms with Crippen molar-refractivity contribution in [2.45, 2.75) is 50.7 Å². The Labute approximate surface area is 127 Å². The number of ether oxygens (including phenoxy) is 2. The second kappa shape index (κ2) is 7.14. The maximum atomic E-state index is 9.65. The first kappa shape index (κ1) is 16.1. The largest absolute Gasteiger partial charge is 0.493 e. The molecule has 1 aliphatic rings. The standard InChI is InChI=1S/C17H27NO3/c1-4-13-7-8-15(16(10-13)20-3)21-14-6-5-9-17(11-14,12-19)18-2/h7-8,10,14,18-19H,4-6,9,11-12H2,1-3H3. The molecule has 4 nitrogen and oxygen atoms in total. The average Bonchev–Trinajstić information content (AvgIpc) is 2.55. The summed E-state index contributed by atoms with van der Waals surface area (Å²) in [4.78, 5) is 0. The van der Waals surface area contributed by atoms with Gasteiger partial charge >= 0.3 is 0 Å². The number of aliphatic hydroxyl groups excluding tert-OH is 1. The fourth-order valence-electron chi connectivity index (χ4n) is 3.07. The van der Waals surface area contributed by atoms with Gasteiger partial charge in [-0.3, -0.25) is 0 Å². The molecule has 1 saturated carbocycles. The average molecular weight is 293 g/mol. The lowest BCUT2D eigenvalue weighted by Crippen LogP contribution is -2.52. The third kappa shape index (κ3) is 3.69. The number of hydrogen-bond acceptors (Lipinski definition) is 4. The van der Waals surface area contributed by atoms with E-state index in [0.29, 0.717) is 0 Å². The highest BCUT2D eigenvalue weighted by Crippen LogP contribution is 2.34. The van der Waals surface area contributed by atoms with Crippen molar-refractivity contribution in [1.29, 1.82) is 0 Å². The Morgan fingerprint density at radius 2 is 2.19 bits per heavy atom. The van der Waals surface area contributed by atoms with Crippen molar-refractivity contribution in [3.05, 3.63) is 23.8 Å². The lowest BCUT2D eigenvalue weighted by Gasteiger charge is -2.39. The zero-order chi connectivity index (χ0) is 15.3. The number of likely N-dealkylation sites (N-methyl/N-ethyl adjacent to an activating group) is 1. The van der Waals surface area contributed by atoms with Gasteiger partial charge in [0.2, 0.25) is 0 Å². The first-order chi connectivity index (χ1) is 10.2. The highest BCUT2D eigenvalue weighted by atomic mass is 16.5. The highest BCUT2D eigenvalue weighted by Gasteiger charge is 2.35. The summed E-state index contributed by atoms with van der Waals surface area (Å²) >= 11 is 0. The van der Waals surface area contributed by atoms with Crippen molar-refractivity contribution >= 4 is 0 Å². The number of benzene rings is 1. The van der Waals surface area contributed by atoms with Crippen LogP contribution in [0.15, 0.2) is 18.2 Å². The van der Waals surface area contributed by atoms with Crippen LogP contribution in [-0.4, -0.2) is 37.5 Å². The molecule has 4 heteroatoms. The van der Waals surface area contributed by atoms with Crippen molar-refractivity contribution < 1.29 is 14.6 Å². The highest BCUT2D eigenvalue weighted by molar-refractivity contribution is 5.43. The first-order valence-electron chi connectivity index (χ1n) is 7.79. The van der Waals surface area contributed by atoms with E-state index < -0.39 is 0 Å². The molecule has 0 aliphatic heterocycles. The number of methoxy groups -OCH3 is 1. The van der Waals surface area contributed by atoms with Crippen molar-refractivity contribution in [3.63, 3.8) is 0 Å². The second-order valence-electron chi connectivity index (χ2n) is 5.86. The molecule has 0 radical (unpaired) electrons. The topological polar surface area (TPSA) is 50.7 Å². The quantitative estimate of drug-likeness (QED) is 0.846. The third-order valence-corrected chi connectivity index (χ3v) is 4.56. The van der Waals surface area contributed by atoms with E-state index in [1.807, 2.05) is 19.2 Å². The molecule has 118 valence electrons. The van der Waals surface area contributed by atoms with Gasteiger partial charge in [0.1, 0.15) is 6.10 Å². The molecule has 0 spiro atoms. The van der Waals surface area contributed by atoms with E-state index in [1.165, 1.54) is 5.56 Å². The normalized spacial score (nSPS) is 25.6. The van der Waals surface area contributed by atoms with Crippen LogP contribution in [-0.2, 0) is 6.42 Å². The predicted octanol–water partition coefficient (Wildman–Crippen LogP) is 2.53. The van der Waals surface area contributed by atoms with Gasteiger partial charge in [0.15, 0.2) is 11.5 Å². The summed E-state index contributed by atoms with van der Waals surface area (Å²) in [5, 5.41) is 12.9. The summed E-state index contributed by atoms with van der Waals surface area (Å²) < 4.78 is 11.6. The van der Waals surface area contributed by atoms with Crippen molar-refractivity contribution in [2.24, 2.45) is 0 Å². The minimum Gasteiger partial charge on any atom is -0.493 e. The Balaban J connectivity index is 2.10. The lowest BCUT2D eigenvalue weighted by molar-refractivity contribution is 0.0540. The van der Waals surface area contributed by atoms with E-state index in [1.54, 1.807) is 7.11 Å². The molecule has 0 saturated heterocycles. The van der Waals surface area contributed by atoms with Gasteiger partial charge in [0.05, 0.1) is 13.7 Å². The van der Waals surface area contributed by atoms with Crippen molar-refractivity contribution in [2.75, 3.05) is 20.8 Å². The fourth-order valence-corrected chi connectivity index (χ4v) is 3.07. The van der Waals surface area contributed by atoms with Crippen LogP contribution in [0, 0.1) is 0 Å².